The normalized spacial score (nSPS) is 14.2. The third-order valence-electron chi connectivity index (χ3n) is 2.73. The molecular formula is C11H21NO2S. The second-order valence-corrected chi connectivity index (χ2v) is 6.71. The first kappa shape index (κ1) is 14.5. The van der Waals surface area contributed by atoms with E-state index in [4.69, 9.17) is 0 Å². The van der Waals surface area contributed by atoms with E-state index in [1.807, 2.05) is 6.92 Å². The molecule has 3 nitrogen and oxygen atoms in total. The summed E-state index contributed by atoms with van der Waals surface area (Å²) in [6.07, 6.45) is 1.83. The van der Waals surface area contributed by atoms with Crippen LogP contribution in [0.4, 0.5) is 0 Å². The Bertz CT molecular complexity index is 347. The molecule has 0 rings (SSSR count). The third kappa shape index (κ3) is 3.84. The van der Waals surface area contributed by atoms with Crippen molar-refractivity contribution in [3.8, 4) is 11.8 Å². The summed E-state index contributed by atoms with van der Waals surface area (Å²) in [5, 5.41) is 3.18. The lowest BCUT2D eigenvalue weighted by Crippen LogP contribution is -2.51. The van der Waals surface area contributed by atoms with E-state index in [9.17, 15) is 8.42 Å². The first-order chi connectivity index (χ1) is 6.77. The molecule has 15 heavy (non-hydrogen) atoms. The average molecular weight is 231 g/mol. The van der Waals surface area contributed by atoms with E-state index < -0.39 is 14.6 Å². The van der Waals surface area contributed by atoms with Crippen LogP contribution in [0.2, 0.25) is 0 Å². The molecule has 1 N–H and O–H groups in total. The molecule has 0 aromatic rings. The van der Waals surface area contributed by atoms with Gasteiger partial charge in [-0.15, -0.1) is 11.8 Å². The Labute approximate surface area is 93.6 Å². The Kier molecular flexibility index (Phi) is 5.33. The fourth-order valence-corrected chi connectivity index (χ4v) is 1.96. The topological polar surface area (TPSA) is 46.2 Å². The summed E-state index contributed by atoms with van der Waals surface area (Å²) in [6, 6.07) is -0.120. The van der Waals surface area contributed by atoms with Crippen LogP contribution in [-0.4, -0.2) is 32.0 Å². The highest BCUT2D eigenvalue weighted by atomic mass is 32.2. The molecule has 0 spiro atoms. The Morgan fingerprint density at radius 3 is 2.27 bits per heavy atom. The van der Waals surface area contributed by atoms with Gasteiger partial charge in [-0.1, -0.05) is 6.92 Å². The quantitative estimate of drug-likeness (QED) is 0.723. The number of hydrogen-bond acceptors (Lipinski definition) is 3. The molecule has 0 saturated carbocycles. The van der Waals surface area contributed by atoms with Gasteiger partial charge in [0, 0.05) is 18.7 Å². The van der Waals surface area contributed by atoms with Crippen LogP contribution < -0.4 is 5.32 Å². The van der Waals surface area contributed by atoms with Crippen molar-refractivity contribution >= 4 is 9.84 Å². The van der Waals surface area contributed by atoms with E-state index in [0.29, 0.717) is 6.42 Å². The zero-order valence-corrected chi connectivity index (χ0v) is 11.0. The predicted molar refractivity (Wildman–Crippen MR) is 64.5 cm³/mol. The van der Waals surface area contributed by atoms with E-state index in [1.54, 1.807) is 20.8 Å². The molecule has 0 aliphatic heterocycles. The minimum atomic E-state index is -3.08. The lowest BCUT2D eigenvalue weighted by atomic mass is 10.00. The zero-order chi connectivity index (χ0) is 12.1. The van der Waals surface area contributed by atoms with Gasteiger partial charge in [0.25, 0.3) is 0 Å². The molecule has 0 aliphatic carbocycles. The SMILES string of the molecule is CC#CCC(NCC)C(C)(C)S(C)(=O)=O. The van der Waals surface area contributed by atoms with Crippen LogP contribution in [0.3, 0.4) is 0 Å². The second-order valence-electron chi connectivity index (χ2n) is 4.12. The maximum absolute atomic E-state index is 11.6. The number of sulfone groups is 1. The fraction of sp³-hybridized carbons (Fsp3) is 0.818. The summed E-state index contributed by atoms with van der Waals surface area (Å²) >= 11 is 0. The molecule has 1 unspecified atom stereocenters. The maximum Gasteiger partial charge on any atom is 0.154 e. The molecule has 4 heteroatoms. The Morgan fingerprint density at radius 1 is 1.40 bits per heavy atom. The largest absolute Gasteiger partial charge is 0.312 e. The number of hydrogen-bond donors (Lipinski definition) is 1. The molecule has 0 aliphatic rings. The van der Waals surface area contributed by atoms with E-state index in [0.717, 1.165) is 6.54 Å². The molecule has 0 bridgehead atoms. The monoisotopic (exact) mass is 231 g/mol. The van der Waals surface area contributed by atoms with Gasteiger partial charge in [0.05, 0.1) is 4.75 Å². The average Bonchev–Trinajstić information content (AvgIpc) is 2.10. The summed E-state index contributed by atoms with van der Waals surface area (Å²) < 4.78 is 22.5. The highest BCUT2D eigenvalue weighted by Gasteiger charge is 2.37. The van der Waals surface area contributed by atoms with Gasteiger partial charge in [-0.3, -0.25) is 0 Å². The van der Waals surface area contributed by atoms with Crippen LogP contribution in [0.1, 0.15) is 34.1 Å². The molecular weight excluding hydrogens is 210 g/mol. The van der Waals surface area contributed by atoms with Crippen molar-refractivity contribution in [1.82, 2.24) is 5.32 Å². The van der Waals surface area contributed by atoms with Crippen LogP contribution >= 0.6 is 0 Å². The molecule has 88 valence electrons. The van der Waals surface area contributed by atoms with Crippen molar-refractivity contribution in [2.75, 3.05) is 12.8 Å². The summed E-state index contributed by atoms with van der Waals surface area (Å²) in [5.41, 5.74) is 0. The minimum absolute atomic E-state index is 0.120. The van der Waals surface area contributed by atoms with Crippen LogP contribution in [0.5, 0.6) is 0 Å². The van der Waals surface area contributed by atoms with E-state index >= 15 is 0 Å². The predicted octanol–water partition coefficient (Wildman–Crippen LogP) is 1.20. The summed E-state index contributed by atoms with van der Waals surface area (Å²) in [6.45, 7) is 7.95. The molecule has 0 heterocycles. The van der Waals surface area contributed by atoms with Crippen molar-refractivity contribution in [3.63, 3.8) is 0 Å². The number of nitrogens with one attached hydrogen (secondary N) is 1. The molecule has 0 aromatic carbocycles. The van der Waals surface area contributed by atoms with Crippen molar-refractivity contribution in [1.29, 1.82) is 0 Å². The Hall–Kier alpha value is -0.530. The van der Waals surface area contributed by atoms with Crippen LogP contribution in [0, 0.1) is 11.8 Å². The van der Waals surface area contributed by atoms with Gasteiger partial charge in [-0.05, 0) is 27.3 Å². The summed E-state index contributed by atoms with van der Waals surface area (Å²) in [4.78, 5) is 0. The van der Waals surface area contributed by atoms with Crippen LogP contribution in [0.25, 0.3) is 0 Å². The van der Waals surface area contributed by atoms with E-state index in [-0.39, 0.29) is 6.04 Å². The Balaban J connectivity index is 4.95. The fourth-order valence-electron chi connectivity index (χ4n) is 1.27. The van der Waals surface area contributed by atoms with E-state index in [2.05, 4.69) is 17.2 Å². The maximum atomic E-state index is 11.6. The summed E-state index contributed by atoms with van der Waals surface area (Å²) in [7, 11) is -3.08. The zero-order valence-electron chi connectivity index (χ0n) is 10.2. The van der Waals surface area contributed by atoms with Crippen LogP contribution in [0.15, 0.2) is 0 Å². The minimum Gasteiger partial charge on any atom is -0.312 e. The van der Waals surface area contributed by atoms with Crippen molar-refractivity contribution < 1.29 is 8.42 Å². The van der Waals surface area contributed by atoms with Gasteiger partial charge in [-0.2, -0.15) is 0 Å². The molecule has 0 saturated heterocycles. The highest BCUT2D eigenvalue weighted by molar-refractivity contribution is 7.92. The first-order valence-corrected chi connectivity index (χ1v) is 6.99. The third-order valence-corrected chi connectivity index (χ3v) is 4.92. The van der Waals surface area contributed by atoms with Gasteiger partial charge >= 0.3 is 0 Å². The van der Waals surface area contributed by atoms with Gasteiger partial charge < -0.3 is 5.32 Å². The molecule has 0 aromatic heterocycles. The van der Waals surface area contributed by atoms with Crippen LogP contribution in [-0.2, 0) is 9.84 Å². The highest BCUT2D eigenvalue weighted by Crippen LogP contribution is 2.22. The summed E-state index contributed by atoms with van der Waals surface area (Å²) in [5.74, 6) is 5.73. The molecule has 0 fully saturated rings. The first-order valence-electron chi connectivity index (χ1n) is 5.10. The number of rotatable bonds is 5. The van der Waals surface area contributed by atoms with Crippen molar-refractivity contribution in [2.45, 2.75) is 44.9 Å². The van der Waals surface area contributed by atoms with Gasteiger partial charge in [0.1, 0.15) is 0 Å². The lowest BCUT2D eigenvalue weighted by Gasteiger charge is -2.32. The van der Waals surface area contributed by atoms with Gasteiger partial charge in [-0.25, -0.2) is 8.42 Å². The standard InChI is InChI=1S/C11H21NO2S/c1-6-8-9-10(12-7-2)11(3,4)15(5,13)14/h10,12H,7,9H2,1-5H3. The lowest BCUT2D eigenvalue weighted by molar-refractivity contribution is 0.422. The molecule has 0 amide bonds. The van der Waals surface area contributed by atoms with E-state index in [1.165, 1.54) is 6.26 Å². The van der Waals surface area contributed by atoms with Crippen molar-refractivity contribution in [3.05, 3.63) is 0 Å². The van der Waals surface area contributed by atoms with Gasteiger partial charge in [0.2, 0.25) is 0 Å². The Morgan fingerprint density at radius 2 is 1.93 bits per heavy atom. The van der Waals surface area contributed by atoms with Gasteiger partial charge in [0.15, 0.2) is 9.84 Å². The molecule has 1 atom stereocenters. The van der Waals surface area contributed by atoms with Crippen molar-refractivity contribution in [2.24, 2.45) is 0 Å². The second kappa shape index (κ2) is 5.53. The smallest absolute Gasteiger partial charge is 0.154 e. The molecule has 0 radical (unpaired) electrons.